The zero-order chi connectivity index (χ0) is 18.1. The number of aryl methyl sites for hydroxylation is 2. The number of carbonyl (C=O) groups is 1. The predicted octanol–water partition coefficient (Wildman–Crippen LogP) is 1.40. The molecule has 0 spiro atoms. The van der Waals surface area contributed by atoms with E-state index in [0.29, 0.717) is 11.4 Å². The van der Waals surface area contributed by atoms with Crippen molar-refractivity contribution in [2.24, 2.45) is 0 Å². The number of piperazine rings is 1. The second kappa shape index (κ2) is 6.72. The van der Waals surface area contributed by atoms with Crippen LogP contribution in [0.25, 0.3) is 5.65 Å². The van der Waals surface area contributed by atoms with E-state index in [4.69, 9.17) is 0 Å². The molecule has 0 aliphatic carbocycles. The fraction of sp³-hybridized carbons (Fsp3) is 0.333. The van der Waals surface area contributed by atoms with E-state index in [1.54, 1.807) is 18.5 Å². The molecule has 8 nitrogen and oxygen atoms in total. The second-order valence-corrected chi connectivity index (χ2v) is 6.42. The summed E-state index contributed by atoms with van der Waals surface area (Å²) in [5.41, 5.74) is 2.97. The molecular weight excluding hydrogens is 330 g/mol. The zero-order valence-corrected chi connectivity index (χ0v) is 14.9. The van der Waals surface area contributed by atoms with Crippen LogP contribution in [-0.4, -0.2) is 51.4 Å². The van der Waals surface area contributed by atoms with Crippen molar-refractivity contribution in [3.63, 3.8) is 0 Å². The lowest BCUT2D eigenvalue weighted by Gasteiger charge is -2.28. The van der Waals surface area contributed by atoms with E-state index in [1.807, 2.05) is 30.5 Å². The van der Waals surface area contributed by atoms with E-state index in [1.165, 1.54) is 0 Å². The molecule has 0 radical (unpaired) electrons. The smallest absolute Gasteiger partial charge is 0.258 e. The van der Waals surface area contributed by atoms with Gasteiger partial charge in [-0.15, -0.1) is 0 Å². The maximum atomic E-state index is 12.5. The van der Waals surface area contributed by atoms with Crippen molar-refractivity contribution in [1.82, 2.24) is 24.7 Å². The minimum atomic E-state index is -0.227. The Morgan fingerprint density at radius 3 is 2.69 bits per heavy atom. The van der Waals surface area contributed by atoms with Gasteiger partial charge >= 0.3 is 0 Å². The van der Waals surface area contributed by atoms with Crippen LogP contribution >= 0.6 is 0 Å². The first-order valence-electron chi connectivity index (χ1n) is 8.66. The van der Waals surface area contributed by atoms with Crippen LogP contribution in [0.2, 0.25) is 0 Å². The molecule has 8 heteroatoms. The topological polar surface area (TPSA) is 87.5 Å². The molecule has 0 atom stereocenters. The first-order chi connectivity index (χ1) is 12.6. The van der Waals surface area contributed by atoms with Crippen molar-refractivity contribution < 1.29 is 4.79 Å². The summed E-state index contributed by atoms with van der Waals surface area (Å²) in [4.78, 5) is 28.0. The summed E-state index contributed by atoms with van der Waals surface area (Å²) >= 11 is 0. The van der Waals surface area contributed by atoms with Crippen LogP contribution < -0.4 is 15.5 Å². The van der Waals surface area contributed by atoms with Gasteiger partial charge < -0.3 is 19.9 Å². The Morgan fingerprint density at radius 2 is 1.96 bits per heavy atom. The van der Waals surface area contributed by atoms with E-state index < -0.39 is 0 Å². The van der Waals surface area contributed by atoms with Gasteiger partial charge in [0.05, 0.1) is 23.1 Å². The summed E-state index contributed by atoms with van der Waals surface area (Å²) < 4.78 is 1.87. The van der Waals surface area contributed by atoms with Crippen LogP contribution in [0.15, 0.2) is 30.7 Å². The van der Waals surface area contributed by atoms with Gasteiger partial charge in [-0.25, -0.2) is 9.97 Å². The average Bonchev–Trinajstić information content (AvgIpc) is 3.05. The number of nitrogens with zero attached hydrogens (tertiary/aromatic N) is 5. The molecule has 1 saturated heterocycles. The standard InChI is InChI=1S/C18H21N7O/c1-12-10-25-11-15(22-17(25)13(2)21-12)23-18(26)14-3-4-16(20-9-14)24-7-5-19-6-8-24/h3-4,9-11,19H,5-8H2,1-2H3,(H,23,26). The number of amides is 1. The number of carbonyl (C=O) groups excluding carboxylic acids is 1. The number of hydrogen-bond acceptors (Lipinski definition) is 6. The highest BCUT2D eigenvalue weighted by molar-refractivity contribution is 6.03. The first-order valence-corrected chi connectivity index (χ1v) is 8.66. The molecular formula is C18H21N7O. The molecule has 4 heterocycles. The first kappa shape index (κ1) is 16.5. The zero-order valence-electron chi connectivity index (χ0n) is 14.9. The minimum Gasteiger partial charge on any atom is -0.354 e. The molecule has 1 aliphatic rings. The molecule has 3 aromatic rings. The lowest BCUT2D eigenvalue weighted by atomic mass is 10.2. The van der Waals surface area contributed by atoms with Crippen molar-refractivity contribution in [3.8, 4) is 0 Å². The van der Waals surface area contributed by atoms with E-state index >= 15 is 0 Å². The molecule has 1 amide bonds. The summed E-state index contributed by atoms with van der Waals surface area (Å²) in [6.07, 6.45) is 5.28. The Labute approximate surface area is 151 Å². The van der Waals surface area contributed by atoms with E-state index in [2.05, 4.69) is 30.5 Å². The number of rotatable bonds is 3. The Morgan fingerprint density at radius 1 is 1.15 bits per heavy atom. The van der Waals surface area contributed by atoms with Gasteiger partial charge in [0, 0.05) is 38.6 Å². The number of hydrogen-bond donors (Lipinski definition) is 2. The van der Waals surface area contributed by atoms with Crippen LogP contribution in [0.3, 0.4) is 0 Å². The third-order valence-corrected chi connectivity index (χ3v) is 4.42. The molecule has 0 unspecified atom stereocenters. The van der Waals surface area contributed by atoms with Crippen LogP contribution in [0.5, 0.6) is 0 Å². The second-order valence-electron chi connectivity index (χ2n) is 6.42. The Hall–Kier alpha value is -3.00. The maximum absolute atomic E-state index is 12.5. The number of imidazole rings is 1. The molecule has 4 rings (SSSR count). The van der Waals surface area contributed by atoms with Crippen LogP contribution in [0.4, 0.5) is 11.6 Å². The molecule has 3 aromatic heterocycles. The monoisotopic (exact) mass is 351 g/mol. The summed E-state index contributed by atoms with van der Waals surface area (Å²) in [7, 11) is 0. The predicted molar refractivity (Wildman–Crippen MR) is 99.7 cm³/mol. The molecule has 134 valence electrons. The molecule has 2 N–H and O–H groups in total. The maximum Gasteiger partial charge on any atom is 0.258 e. The molecule has 0 bridgehead atoms. The van der Waals surface area contributed by atoms with Crippen molar-refractivity contribution in [2.75, 3.05) is 36.4 Å². The fourth-order valence-corrected chi connectivity index (χ4v) is 3.15. The summed E-state index contributed by atoms with van der Waals surface area (Å²) in [6.45, 7) is 7.58. The van der Waals surface area contributed by atoms with Gasteiger partial charge in [0.2, 0.25) is 0 Å². The Balaban J connectivity index is 1.50. The number of nitrogens with one attached hydrogen (secondary N) is 2. The van der Waals surface area contributed by atoms with Gasteiger partial charge in [0.25, 0.3) is 5.91 Å². The lowest BCUT2D eigenvalue weighted by molar-refractivity contribution is 0.102. The fourth-order valence-electron chi connectivity index (χ4n) is 3.15. The van der Waals surface area contributed by atoms with Crippen LogP contribution in [0, 0.1) is 13.8 Å². The number of pyridine rings is 1. The number of fused-ring (bicyclic) bond motifs is 1. The van der Waals surface area contributed by atoms with Crippen LogP contribution in [0.1, 0.15) is 21.7 Å². The number of anilines is 2. The summed E-state index contributed by atoms with van der Waals surface area (Å²) in [6, 6.07) is 3.69. The van der Waals surface area contributed by atoms with Gasteiger partial charge in [-0.3, -0.25) is 9.78 Å². The van der Waals surface area contributed by atoms with Crippen molar-refractivity contribution in [3.05, 3.63) is 47.7 Å². The normalized spacial score (nSPS) is 14.6. The van der Waals surface area contributed by atoms with Gasteiger partial charge in [0.15, 0.2) is 11.5 Å². The van der Waals surface area contributed by atoms with E-state index in [9.17, 15) is 4.79 Å². The van der Waals surface area contributed by atoms with Gasteiger partial charge in [-0.05, 0) is 26.0 Å². The minimum absolute atomic E-state index is 0.227. The van der Waals surface area contributed by atoms with E-state index in [-0.39, 0.29) is 5.91 Å². The molecule has 1 fully saturated rings. The van der Waals surface area contributed by atoms with Crippen LogP contribution in [-0.2, 0) is 0 Å². The van der Waals surface area contributed by atoms with Gasteiger partial charge in [0.1, 0.15) is 5.82 Å². The molecule has 1 aliphatic heterocycles. The van der Waals surface area contributed by atoms with Crippen molar-refractivity contribution in [2.45, 2.75) is 13.8 Å². The molecule has 0 saturated carbocycles. The quantitative estimate of drug-likeness (QED) is 0.742. The molecule has 26 heavy (non-hydrogen) atoms. The van der Waals surface area contributed by atoms with E-state index in [0.717, 1.165) is 49.0 Å². The lowest BCUT2D eigenvalue weighted by Crippen LogP contribution is -2.43. The highest BCUT2D eigenvalue weighted by Crippen LogP contribution is 2.16. The van der Waals surface area contributed by atoms with Gasteiger partial charge in [-0.1, -0.05) is 0 Å². The summed E-state index contributed by atoms with van der Waals surface area (Å²) in [5, 5.41) is 6.14. The van der Waals surface area contributed by atoms with Crippen molar-refractivity contribution >= 4 is 23.2 Å². The third-order valence-electron chi connectivity index (χ3n) is 4.42. The molecule has 0 aromatic carbocycles. The Bertz CT molecular complexity index is 942. The Kier molecular flexibility index (Phi) is 4.26. The highest BCUT2D eigenvalue weighted by Gasteiger charge is 2.14. The van der Waals surface area contributed by atoms with Crippen molar-refractivity contribution in [1.29, 1.82) is 0 Å². The average molecular weight is 351 g/mol. The summed E-state index contributed by atoms with van der Waals surface area (Å²) in [5.74, 6) is 1.17. The SMILES string of the molecule is Cc1cn2cc(NC(=O)c3ccc(N4CCNCC4)nc3)nc2c(C)n1. The highest BCUT2D eigenvalue weighted by atomic mass is 16.1. The largest absolute Gasteiger partial charge is 0.354 e. The van der Waals surface area contributed by atoms with Gasteiger partial charge in [-0.2, -0.15) is 0 Å². The third kappa shape index (κ3) is 3.23. The number of aromatic nitrogens is 4.